The average Bonchev–Trinajstić information content (AvgIpc) is 2.92. The number of rotatable bonds is 4. The monoisotopic (exact) mass is 547 g/mol. The van der Waals surface area contributed by atoms with Crippen molar-refractivity contribution < 1.29 is 9.21 Å². The smallest absolute Gasteiger partial charge is 0.288 e. The van der Waals surface area contributed by atoms with Crippen molar-refractivity contribution in [3.8, 4) is 0 Å². The first-order valence-corrected chi connectivity index (χ1v) is 9.74. The van der Waals surface area contributed by atoms with Gasteiger partial charge in [-0.15, -0.1) is 0 Å². The number of halogens is 5. The maximum atomic E-state index is 12.2. The topological polar surface area (TPSA) is 66.3 Å². The number of hydrogen-bond donors (Lipinski definition) is 3. The van der Waals surface area contributed by atoms with Gasteiger partial charge < -0.3 is 20.4 Å². The summed E-state index contributed by atoms with van der Waals surface area (Å²) in [5.74, 6) is -0.515. The molecule has 1 aromatic carbocycles. The number of nitrogens with one attached hydrogen (secondary N) is 3. The first-order valence-electron chi connectivity index (χ1n) is 6.61. The van der Waals surface area contributed by atoms with Gasteiger partial charge >= 0.3 is 0 Å². The van der Waals surface area contributed by atoms with E-state index in [1.54, 1.807) is 6.07 Å². The van der Waals surface area contributed by atoms with Gasteiger partial charge in [-0.25, -0.2) is 0 Å². The molecule has 2 rings (SSSR count). The minimum Gasteiger partial charge on any atom is -0.444 e. The van der Waals surface area contributed by atoms with Crippen LogP contribution in [0.4, 0.5) is 5.69 Å². The summed E-state index contributed by atoms with van der Waals surface area (Å²) >= 11 is 29.5. The van der Waals surface area contributed by atoms with Crippen molar-refractivity contribution in [2.45, 2.75) is 9.96 Å². The fraction of sp³-hybridized carbons (Fsp3) is 0.143. The molecule has 134 valence electrons. The number of anilines is 1. The van der Waals surface area contributed by atoms with Crippen LogP contribution in [0, 0.1) is 0 Å². The van der Waals surface area contributed by atoms with Crippen LogP contribution in [0.1, 0.15) is 10.6 Å². The molecule has 0 saturated carbocycles. The van der Waals surface area contributed by atoms with Crippen molar-refractivity contribution in [1.29, 1.82) is 0 Å². The van der Waals surface area contributed by atoms with Crippen LogP contribution in [0.15, 0.2) is 50.0 Å². The molecule has 1 aromatic heterocycles. The van der Waals surface area contributed by atoms with E-state index < -0.39 is 15.9 Å². The molecule has 1 amide bonds. The van der Waals surface area contributed by atoms with E-state index in [-0.39, 0.29) is 10.9 Å². The largest absolute Gasteiger partial charge is 0.444 e. The zero-order chi connectivity index (χ0) is 18.6. The molecule has 11 heteroatoms. The molecule has 0 fully saturated rings. The number of thiocarbonyl (C=S) groups is 1. The van der Waals surface area contributed by atoms with Crippen LogP contribution in [0.5, 0.6) is 0 Å². The number of carbonyl (C=O) groups excluding carboxylic acids is 1. The van der Waals surface area contributed by atoms with Crippen LogP contribution < -0.4 is 16.0 Å². The summed E-state index contributed by atoms with van der Waals surface area (Å²) in [4.78, 5) is 12.2. The Morgan fingerprint density at radius 2 is 1.88 bits per heavy atom. The van der Waals surface area contributed by atoms with Gasteiger partial charge in [-0.3, -0.25) is 4.79 Å². The van der Waals surface area contributed by atoms with Crippen LogP contribution in [-0.4, -0.2) is 21.0 Å². The van der Waals surface area contributed by atoms with E-state index in [4.69, 9.17) is 51.4 Å². The summed E-state index contributed by atoms with van der Waals surface area (Å²) in [6, 6.07) is 10.4. The molecular formula is C14H10Br2Cl3N3O2S. The first kappa shape index (κ1) is 20.8. The summed E-state index contributed by atoms with van der Waals surface area (Å²) in [6.45, 7) is 0. The van der Waals surface area contributed by atoms with E-state index in [0.717, 1.165) is 10.2 Å². The third-order valence-electron chi connectivity index (χ3n) is 2.76. The molecule has 1 atom stereocenters. The van der Waals surface area contributed by atoms with Crippen molar-refractivity contribution in [3.05, 3.63) is 51.3 Å². The number of amides is 1. The normalized spacial score (nSPS) is 12.4. The third-order valence-corrected chi connectivity index (χ3v) is 4.55. The summed E-state index contributed by atoms with van der Waals surface area (Å²) in [5.41, 5.74) is 0.719. The second-order valence-electron chi connectivity index (χ2n) is 4.66. The number of hydrogen-bond acceptors (Lipinski definition) is 3. The van der Waals surface area contributed by atoms with Crippen molar-refractivity contribution >= 4 is 95.6 Å². The summed E-state index contributed by atoms with van der Waals surface area (Å²) < 4.78 is 4.58. The Hall–Kier alpha value is -0.510. The lowest BCUT2D eigenvalue weighted by molar-refractivity contribution is 0.0905. The average molecular weight is 550 g/mol. The van der Waals surface area contributed by atoms with E-state index >= 15 is 0 Å². The molecular weight excluding hydrogens is 540 g/mol. The van der Waals surface area contributed by atoms with Crippen LogP contribution >= 0.6 is 78.9 Å². The van der Waals surface area contributed by atoms with Crippen molar-refractivity contribution in [2.75, 3.05) is 5.32 Å². The fourth-order valence-electron chi connectivity index (χ4n) is 1.70. The zero-order valence-corrected chi connectivity index (χ0v) is 18.4. The molecule has 0 unspecified atom stereocenters. The third kappa shape index (κ3) is 6.62. The summed E-state index contributed by atoms with van der Waals surface area (Å²) in [7, 11) is 0. The van der Waals surface area contributed by atoms with Crippen molar-refractivity contribution in [2.24, 2.45) is 0 Å². The van der Waals surface area contributed by atoms with Gasteiger partial charge in [-0.05, 0) is 58.5 Å². The lowest BCUT2D eigenvalue weighted by Crippen LogP contribution is -2.56. The van der Waals surface area contributed by atoms with E-state index in [1.807, 2.05) is 24.3 Å². The Balaban J connectivity index is 2.04. The number of furan rings is 1. The van der Waals surface area contributed by atoms with Gasteiger partial charge in [-0.1, -0.05) is 56.8 Å². The summed E-state index contributed by atoms with van der Waals surface area (Å²) in [5, 5.41) is 8.37. The molecule has 3 N–H and O–H groups in total. The van der Waals surface area contributed by atoms with Gasteiger partial charge in [0.2, 0.25) is 3.79 Å². The SMILES string of the molecule is O=C(N[C@H](NC(=S)Nc1cccc(Br)c1)C(Cl)(Cl)Cl)c1ccc(Br)o1. The van der Waals surface area contributed by atoms with Gasteiger partial charge in [0, 0.05) is 10.2 Å². The zero-order valence-electron chi connectivity index (χ0n) is 12.2. The number of benzene rings is 1. The predicted octanol–water partition coefficient (Wildman–Crippen LogP) is 5.22. The molecule has 2 aromatic rings. The molecule has 1 heterocycles. The Bertz CT molecular complexity index is 783. The molecule has 25 heavy (non-hydrogen) atoms. The Morgan fingerprint density at radius 1 is 1.16 bits per heavy atom. The molecule has 0 aliphatic heterocycles. The van der Waals surface area contributed by atoms with Crippen LogP contribution in [-0.2, 0) is 0 Å². The van der Waals surface area contributed by atoms with Crippen LogP contribution in [0.2, 0.25) is 0 Å². The molecule has 0 aliphatic rings. The van der Waals surface area contributed by atoms with Gasteiger partial charge in [-0.2, -0.15) is 0 Å². The second kappa shape index (κ2) is 8.92. The summed E-state index contributed by atoms with van der Waals surface area (Å²) in [6.07, 6.45) is -1.10. The van der Waals surface area contributed by atoms with E-state index in [9.17, 15) is 4.79 Å². The Labute approximate surface area is 181 Å². The molecule has 0 bridgehead atoms. The van der Waals surface area contributed by atoms with Gasteiger partial charge in [0.1, 0.15) is 6.17 Å². The fourth-order valence-corrected chi connectivity index (χ4v) is 2.97. The van der Waals surface area contributed by atoms with Crippen molar-refractivity contribution in [1.82, 2.24) is 10.6 Å². The van der Waals surface area contributed by atoms with E-state index in [0.29, 0.717) is 4.67 Å². The van der Waals surface area contributed by atoms with Crippen molar-refractivity contribution in [3.63, 3.8) is 0 Å². The lowest BCUT2D eigenvalue weighted by Gasteiger charge is -2.27. The Morgan fingerprint density at radius 3 is 2.44 bits per heavy atom. The standard InChI is InChI=1S/C14H10Br2Cl3N3O2S/c15-7-2-1-3-8(6-7)20-13(25)22-12(14(17,18)19)21-11(23)9-4-5-10(16)24-9/h1-6,12H,(H,21,23)(H2,20,22,25)/t12-/m1/s1. The number of carbonyl (C=O) groups is 1. The second-order valence-corrected chi connectivity index (χ2v) is 9.14. The highest BCUT2D eigenvalue weighted by Gasteiger charge is 2.35. The van der Waals surface area contributed by atoms with Crippen LogP contribution in [0.25, 0.3) is 0 Å². The maximum Gasteiger partial charge on any atom is 0.288 e. The minimum atomic E-state index is -1.86. The molecule has 5 nitrogen and oxygen atoms in total. The van der Waals surface area contributed by atoms with Gasteiger partial charge in [0.15, 0.2) is 15.5 Å². The lowest BCUT2D eigenvalue weighted by atomic mass is 10.3. The molecule has 0 saturated heterocycles. The van der Waals surface area contributed by atoms with Gasteiger partial charge in [0.25, 0.3) is 5.91 Å². The minimum absolute atomic E-state index is 0.0544. The molecule has 0 radical (unpaired) electrons. The number of alkyl halides is 3. The molecule has 0 spiro atoms. The quantitative estimate of drug-likeness (QED) is 0.277. The highest BCUT2D eigenvalue weighted by molar-refractivity contribution is 9.10. The highest BCUT2D eigenvalue weighted by atomic mass is 79.9. The predicted molar refractivity (Wildman–Crippen MR) is 111 cm³/mol. The first-order chi connectivity index (χ1) is 11.6. The van der Waals surface area contributed by atoms with E-state index in [2.05, 4.69) is 47.8 Å². The Kier molecular flexibility index (Phi) is 7.42. The van der Waals surface area contributed by atoms with Crippen LogP contribution in [0.3, 0.4) is 0 Å². The molecule has 0 aliphatic carbocycles. The van der Waals surface area contributed by atoms with E-state index in [1.165, 1.54) is 6.07 Å². The van der Waals surface area contributed by atoms with Gasteiger partial charge in [0.05, 0.1) is 0 Å². The maximum absolute atomic E-state index is 12.2. The highest BCUT2D eigenvalue weighted by Crippen LogP contribution is 2.29.